The molecule has 1 atom stereocenters. The van der Waals surface area contributed by atoms with Crippen LogP contribution in [0, 0.1) is 0 Å². The number of aromatic nitrogens is 3. The molecule has 0 spiro atoms. The largest absolute Gasteiger partial charge is 0.573 e. The molecule has 10 heteroatoms. The summed E-state index contributed by atoms with van der Waals surface area (Å²) in [6.45, 7) is 0.278. The maximum Gasteiger partial charge on any atom is 0.573 e. The summed E-state index contributed by atoms with van der Waals surface area (Å²) in [6.07, 6.45) is -1.39. The Hall–Kier alpha value is -3.56. The van der Waals surface area contributed by atoms with E-state index >= 15 is 0 Å². The predicted molar refractivity (Wildman–Crippen MR) is 94.3 cm³/mol. The molecule has 1 amide bonds. The maximum atomic E-state index is 12.8. The highest BCUT2D eigenvalue weighted by Gasteiger charge is 2.43. The van der Waals surface area contributed by atoms with Gasteiger partial charge in [-0.15, -0.1) is 13.2 Å². The first-order chi connectivity index (χ1) is 13.9. The summed E-state index contributed by atoms with van der Waals surface area (Å²) < 4.78 is 47.0. The summed E-state index contributed by atoms with van der Waals surface area (Å²) in [6, 6.07) is 10.3. The number of nitrogens with zero attached hydrogens (tertiary/aromatic N) is 2. The maximum absolute atomic E-state index is 12.8. The van der Waals surface area contributed by atoms with Crippen molar-refractivity contribution >= 4 is 5.91 Å². The summed E-state index contributed by atoms with van der Waals surface area (Å²) in [4.78, 5) is 17.2. The molecule has 2 aromatic heterocycles. The minimum Gasteiger partial charge on any atom is -0.491 e. The van der Waals surface area contributed by atoms with Gasteiger partial charge in [-0.1, -0.05) is 12.1 Å². The lowest BCUT2D eigenvalue weighted by molar-refractivity contribution is -0.274. The fourth-order valence-corrected chi connectivity index (χ4v) is 3.32. The number of benzene rings is 1. The van der Waals surface area contributed by atoms with E-state index < -0.39 is 17.8 Å². The fraction of sp³-hybridized carbons (Fsp3) is 0.211. The van der Waals surface area contributed by atoms with Crippen LogP contribution in [0.3, 0.4) is 0 Å². The van der Waals surface area contributed by atoms with Crippen molar-refractivity contribution in [3.05, 3.63) is 71.8 Å². The van der Waals surface area contributed by atoms with E-state index in [2.05, 4.69) is 25.2 Å². The summed E-state index contributed by atoms with van der Waals surface area (Å²) in [5.74, 6) is -0.333. The zero-order valence-electron chi connectivity index (χ0n) is 14.9. The molecule has 0 bridgehead atoms. The van der Waals surface area contributed by atoms with Crippen LogP contribution in [-0.4, -0.2) is 34.1 Å². The number of ether oxygens (including phenoxy) is 2. The Morgan fingerprint density at radius 3 is 2.69 bits per heavy atom. The Morgan fingerprint density at radius 1 is 1.21 bits per heavy atom. The second-order valence-corrected chi connectivity index (χ2v) is 6.34. The first kappa shape index (κ1) is 18.8. The van der Waals surface area contributed by atoms with Gasteiger partial charge < -0.3 is 14.8 Å². The Morgan fingerprint density at radius 2 is 2.00 bits per heavy atom. The molecule has 0 fully saturated rings. The molecule has 150 valence electrons. The molecule has 4 rings (SSSR count). The molecule has 0 radical (unpaired) electrons. The zero-order chi connectivity index (χ0) is 20.5. The van der Waals surface area contributed by atoms with E-state index in [0.29, 0.717) is 23.4 Å². The van der Waals surface area contributed by atoms with Crippen molar-refractivity contribution in [2.45, 2.75) is 18.3 Å². The van der Waals surface area contributed by atoms with E-state index in [4.69, 9.17) is 4.74 Å². The van der Waals surface area contributed by atoms with Crippen molar-refractivity contribution < 1.29 is 27.4 Å². The van der Waals surface area contributed by atoms with Crippen molar-refractivity contribution in [3.63, 3.8) is 0 Å². The van der Waals surface area contributed by atoms with E-state index in [1.54, 1.807) is 18.3 Å². The van der Waals surface area contributed by atoms with Crippen LogP contribution in [0.5, 0.6) is 11.5 Å². The van der Waals surface area contributed by atoms with Crippen LogP contribution in [0.15, 0.2) is 54.9 Å². The Bertz CT molecular complexity index is 1010. The minimum atomic E-state index is -4.79. The van der Waals surface area contributed by atoms with E-state index in [9.17, 15) is 18.0 Å². The number of hydrogen-bond donors (Lipinski definition) is 2. The van der Waals surface area contributed by atoms with Gasteiger partial charge in [-0.3, -0.25) is 14.9 Å². The third-order valence-corrected chi connectivity index (χ3v) is 4.55. The second kappa shape index (κ2) is 7.12. The highest BCUT2D eigenvalue weighted by Crippen LogP contribution is 2.41. The molecular weight excluding hydrogens is 389 g/mol. The fourth-order valence-electron chi connectivity index (χ4n) is 3.32. The average molecular weight is 404 g/mol. The number of H-pyrrole nitrogens is 1. The van der Waals surface area contributed by atoms with E-state index in [0.717, 1.165) is 0 Å². The standard InChI is InChI=1S/C19H15F3N4O3/c20-19(21,22)29-13-5-3-12(4-6-13)18(25-17(27)14-7-10-24-26-14)8-11-28-15-2-1-9-23-16(15)18/h1-7,9-10H,8,11H2,(H,24,26)(H,25,27)/t18-/m0/s1. The number of alkyl halides is 3. The third kappa shape index (κ3) is 3.73. The second-order valence-electron chi connectivity index (χ2n) is 6.34. The number of aromatic amines is 1. The SMILES string of the molecule is O=C(N[C@]1(c2ccc(OC(F)(F)F)cc2)CCOc2cccnc21)c1cc[nH]n1. The molecule has 3 aromatic rings. The smallest absolute Gasteiger partial charge is 0.491 e. The van der Waals surface area contributed by atoms with Crippen molar-refractivity contribution in [2.24, 2.45) is 0 Å². The molecule has 1 aromatic carbocycles. The van der Waals surface area contributed by atoms with Gasteiger partial charge >= 0.3 is 6.36 Å². The Kier molecular flexibility index (Phi) is 4.61. The molecule has 2 N–H and O–H groups in total. The molecule has 29 heavy (non-hydrogen) atoms. The van der Waals surface area contributed by atoms with Crippen LogP contribution in [0.4, 0.5) is 13.2 Å². The lowest BCUT2D eigenvalue weighted by Crippen LogP contribution is -2.50. The summed E-state index contributed by atoms with van der Waals surface area (Å²) >= 11 is 0. The van der Waals surface area contributed by atoms with Crippen LogP contribution in [-0.2, 0) is 5.54 Å². The molecule has 1 aliphatic rings. The predicted octanol–water partition coefficient (Wildman–Crippen LogP) is 3.16. The summed E-state index contributed by atoms with van der Waals surface area (Å²) in [7, 11) is 0. The van der Waals surface area contributed by atoms with Gasteiger partial charge in [0.05, 0.1) is 6.61 Å². The van der Waals surface area contributed by atoms with Gasteiger partial charge in [-0.25, -0.2) is 0 Å². The first-order valence-corrected chi connectivity index (χ1v) is 8.64. The molecule has 1 aliphatic heterocycles. The zero-order valence-corrected chi connectivity index (χ0v) is 14.9. The molecular formula is C19H15F3N4O3. The van der Waals surface area contributed by atoms with Gasteiger partial charge in [0.25, 0.3) is 5.91 Å². The van der Waals surface area contributed by atoms with Crippen molar-refractivity contribution in [2.75, 3.05) is 6.61 Å². The van der Waals surface area contributed by atoms with Crippen LogP contribution in [0.1, 0.15) is 28.2 Å². The van der Waals surface area contributed by atoms with Gasteiger partial charge in [0.1, 0.15) is 28.4 Å². The van der Waals surface area contributed by atoms with E-state index in [1.807, 2.05) is 0 Å². The van der Waals surface area contributed by atoms with Crippen LogP contribution in [0.2, 0.25) is 0 Å². The Balaban J connectivity index is 1.77. The topological polar surface area (TPSA) is 89.1 Å². The Labute approximate surface area is 162 Å². The number of rotatable bonds is 4. The molecule has 0 unspecified atom stereocenters. The van der Waals surface area contributed by atoms with Crippen LogP contribution in [0.25, 0.3) is 0 Å². The normalized spacial score (nSPS) is 18.4. The summed E-state index contributed by atoms with van der Waals surface area (Å²) in [5, 5.41) is 9.41. The number of carbonyl (C=O) groups is 1. The van der Waals surface area contributed by atoms with E-state index in [-0.39, 0.29) is 18.1 Å². The number of halogens is 3. The quantitative estimate of drug-likeness (QED) is 0.697. The lowest BCUT2D eigenvalue weighted by Gasteiger charge is -2.38. The van der Waals surface area contributed by atoms with Gasteiger partial charge in [-0.2, -0.15) is 5.10 Å². The number of carbonyl (C=O) groups excluding carboxylic acids is 1. The van der Waals surface area contributed by atoms with Gasteiger partial charge in [0.2, 0.25) is 0 Å². The molecule has 3 heterocycles. The van der Waals surface area contributed by atoms with Crippen LogP contribution < -0.4 is 14.8 Å². The number of fused-ring (bicyclic) bond motifs is 1. The van der Waals surface area contributed by atoms with Crippen molar-refractivity contribution in [1.29, 1.82) is 0 Å². The number of nitrogens with one attached hydrogen (secondary N) is 2. The van der Waals surface area contributed by atoms with Crippen molar-refractivity contribution in [1.82, 2.24) is 20.5 Å². The highest BCUT2D eigenvalue weighted by molar-refractivity contribution is 5.93. The average Bonchev–Trinajstić information content (AvgIpc) is 3.22. The van der Waals surface area contributed by atoms with Gasteiger partial charge in [0.15, 0.2) is 0 Å². The molecule has 0 saturated heterocycles. The van der Waals surface area contributed by atoms with Gasteiger partial charge in [0, 0.05) is 18.8 Å². The number of pyridine rings is 1. The van der Waals surface area contributed by atoms with Crippen molar-refractivity contribution in [3.8, 4) is 11.5 Å². The minimum absolute atomic E-state index is 0.172. The number of amides is 1. The first-order valence-electron chi connectivity index (χ1n) is 8.64. The third-order valence-electron chi connectivity index (χ3n) is 4.55. The number of hydrogen-bond acceptors (Lipinski definition) is 5. The monoisotopic (exact) mass is 404 g/mol. The highest BCUT2D eigenvalue weighted by atomic mass is 19.4. The molecule has 7 nitrogen and oxygen atoms in total. The van der Waals surface area contributed by atoms with E-state index in [1.165, 1.54) is 36.5 Å². The lowest BCUT2D eigenvalue weighted by atomic mass is 9.81. The molecule has 0 saturated carbocycles. The van der Waals surface area contributed by atoms with Crippen LogP contribution >= 0.6 is 0 Å². The van der Waals surface area contributed by atoms with Gasteiger partial charge in [-0.05, 0) is 35.9 Å². The molecule has 0 aliphatic carbocycles. The summed E-state index contributed by atoms with van der Waals surface area (Å²) in [5.41, 5.74) is 0.0610.